The Balaban J connectivity index is 2.51. The zero-order chi connectivity index (χ0) is 21.4. The smallest absolute Gasteiger partial charge is 0.262 e. The molecule has 1 heterocycles. The average Bonchev–Trinajstić information content (AvgIpc) is 2.76. The number of allylic oxidation sites excluding steroid dienone is 8. The van der Waals surface area contributed by atoms with Crippen LogP contribution in [0.1, 0.15) is 56.5 Å². The molecule has 1 aromatic carbocycles. The second kappa shape index (κ2) is 11.0. The molecule has 29 heavy (non-hydrogen) atoms. The summed E-state index contributed by atoms with van der Waals surface area (Å²) in [5.74, 6) is 1.29. The van der Waals surface area contributed by atoms with Crippen molar-refractivity contribution < 1.29 is 9.53 Å². The summed E-state index contributed by atoms with van der Waals surface area (Å²) in [6, 6.07) is 3.87. The lowest BCUT2D eigenvalue weighted by Gasteiger charge is -2.24. The number of carbonyl (C=O) groups excluding carboxylic acids is 1. The van der Waals surface area contributed by atoms with E-state index >= 15 is 0 Å². The Morgan fingerprint density at radius 1 is 1.17 bits per heavy atom. The van der Waals surface area contributed by atoms with Gasteiger partial charge in [0.1, 0.15) is 5.76 Å². The second-order valence-electron chi connectivity index (χ2n) is 7.13. The second-order valence-corrected chi connectivity index (χ2v) is 7.98. The topological polar surface area (TPSA) is 29.5 Å². The molecule has 4 heteroatoms. The van der Waals surface area contributed by atoms with Crippen molar-refractivity contribution in [1.29, 1.82) is 0 Å². The summed E-state index contributed by atoms with van der Waals surface area (Å²) in [5.41, 5.74) is 3.59. The molecule has 0 saturated carbocycles. The molecule has 0 unspecified atom stereocenters. The van der Waals surface area contributed by atoms with E-state index in [2.05, 4.69) is 48.0 Å². The summed E-state index contributed by atoms with van der Waals surface area (Å²) >= 11 is 3.57. The van der Waals surface area contributed by atoms with Gasteiger partial charge in [0.25, 0.3) is 5.91 Å². The van der Waals surface area contributed by atoms with Crippen LogP contribution < -0.4 is 4.74 Å². The molecule has 0 atom stereocenters. The molecular formula is C25H30BrNO2. The zero-order valence-electron chi connectivity index (χ0n) is 18.0. The van der Waals surface area contributed by atoms with Crippen LogP contribution in [0.3, 0.4) is 0 Å². The molecule has 3 nitrogen and oxygen atoms in total. The molecule has 0 spiro atoms. The van der Waals surface area contributed by atoms with E-state index in [1.807, 2.05) is 62.1 Å². The first-order valence-corrected chi connectivity index (χ1v) is 10.8. The molecule has 0 aliphatic carbocycles. The van der Waals surface area contributed by atoms with Crippen LogP contribution in [-0.2, 0) is 0 Å². The predicted octanol–water partition coefficient (Wildman–Crippen LogP) is 7.26. The van der Waals surface area contributed by atoms with Crippen LogP contribution >= 0.6 is 15.9 Å². The molecule has 1 aliphatic heterocycles. The molecule has 0 aromatic heterocycles. The van der Waals surface area contributed by atoms with Gasteiger partial charge < -0.3 is 9.64 Å². The number of ether oxygens (including phenoxy) is 1. The molecule has 0 saturated heterocycles. The van der Waals surface area contributed by atoms with Crippen LogP contribution in [0, 0.1) is 6.92 Å². The third kappa shape index (κ3) is 6.07. The number of fused-ring (bicyclic) bond motifs is 1. The Morgan fingerprint density at radius 2 is 1.93 bits per heavy atom. The standard InChI is InChI=1S/C25H30BrNO2/c1-6-8-10-12-14-23-20(5)29-24-21(15-19(4)16-22(24)26)25(28)27(23)17-18(3)13-11-9-7-2/h6,8-13,15-16H,7,14,17H2,1-5H3/b8-6-,11-9-,12-10?,18-13+. The van der Waals surface area contributed by atoms with E-state index < -0.39 is 0 Å². The normalized spacial score (nSPS) is 15.6. The van der Waals surface area contributed by atoms with Crippen LogP contribution in [0.15, 0.2) is 76.2 Å². The number of nitrogens with zero attached hydrogens (tertiary/aromatic N) is 1. The van der Waals surface area contributed by atoms with E-state index in [0.717, 1.165) is 33.5 Å². The number of benzene rings is 1. The summed E-state index contributed by atoms with van der Waals surface area (Å²) in [5, 5.41) is 0. The molecule has 0 bridgehead atoms. The van der Waals surface area contributed by atoms with Gasteiger partial charge in [-0.2, -0.15) is 0 Å². The third-order valence-electron chi connectivity index (χ3n) is 4.56. The summed E-state index contributed by atoms with van der Waals surface area (Å²) in [6.07, 6.45) is 15.8. The minimum Gasteiger partial charge on any atom is -0.458 e. The predicted molar refractivity (Wildman–Crippen MR) is 125 cm³/mol. The van der Waals surface area contributed by atoms with Gasteiger partial charge in [-0.05, 0) is 67.7 Å². The first kappa shape index (κ1) is 23.0. The van der Waals surface area contributed by atoms with Gasteiger partial charge in [-0.1, -0.05) is 55.0 Å². The number of amides is 1. The van der Waals surface area contributed by atoms with E-state index in [9.17, 15) is 4.79 Å². The van der Waals surface area contributed by atoms with Crippen LogP contribution in [0.4, 0.5) is 0 Å². The number of hydrogen-bond acceptors (Lipinski definition) is 2. The van der Waals surface area contributed by atoms with Crippen LogP contribution in [0.5, 0.6) is 5.75 Å². The molecule has 0 fully saturated rings. The maximum Gasteiger partial charge on any atom is 0.262 e. The maximum atomic E-state index is 13.6. The highest BCUT2D eigenvalue weighted by Gasteiger charge is 2.29. The van der Waals surface area contributed by atoms with Gasteiger partial charge in [-0.25, -0.2) is 0 Å². The lowest BCUT2D eigenvalue weighted by Crippen LogP contribution is -2.31. The van der Waals surface area contributed by atoms with Crippen molar-refractivity contribution in [3.05, 3.63) is 87.3 Å². The fraction of sp³-hybridized carbons (Fsp3) is 0.320. The van der Waals surface area contributed by atoms with Gasteiger partial charge in [0.05, 0.1) is 15.7 Å². The molecule has 154 valence electrons. The van der Waals surface area contributed by atoms with Gasteiger partial charge in [0.2, 0.25) is 0 Å². The van der Waals surface area contributed by atoms with Gasteiger partial charge in [0.15, 0.2) is 5.75 Å². The molecule has 1 amide bonds. The molecular weight excluding hydrogens is 426 g/mol. The van der Waals surface area contributed by atoms with E-state index in [-0.39, 0.29) is 5.91 Å². The Kier molecular flexibility index (Phi) is 8.71. The lowest BCUT2D eigenvalue weighted by molar-refractivity contribution is 0.0815. The van der Waals surface area contributed by atoms with Crippen molar-refractivity contribution in [2.75, 3.05) is 6.54 Å². The monoisotopic (exact) mass is 455 g/mol. The Hall–Kier alpha value is -2.33. The van der Waals surface area contributed by atoms with E-state index in [1.165, 1.54) is 0 Å². The van der Waals surface area contributed by atoms with Crippen molar-refractivity contribution in [2.24, 2.45) is 0 Å². The van der Waals surface area contributed by atoms with E-state index in [0.29, 0.717) is 24.3 Å². The van der Waals surface area contributed by atoms with Gasteiger partial charge in [-0.3, -0.25) is 4.79 Å². The van der Waals surface area contributed by atoms with Gasteiger partial charge in [-0.15, -0.1) is 0 Å². The number of carbonyl (C=O) groups is 1. The van der Waals surface area contributed by atoms with Crippen LogP contribution in [0.25, 0.3) is 0 Å². The Morgan fingerprint density at radius 3 is 2.62 bits per heavy atom. The summed E-state index contributed by atoms with van der Waals surface area (Å²) in [4.78, 5) is 15.4. The minimum absolute atomic E-state index is 0.0390. The fourth-order valence-electron chi connectivity index (χ4n) is 3.12. The third-order valence-corrected chi connectivity index (χ3v) is 5.15. The average molecular weight is 456 g/mol. The lowest BCUT2D eigenvalue weighted by atomic mass is 10.1. The summed E-state index contributed by atoms with van der Waals surface area (Å²) in [6.45, 7) is 10.6. The van der Waals surface area contributed by atoms with Crippen molar-refractivity contribution in [2.45, 2.75) is 47.5 Å². The highest BCUT2D eigenvalue weighted by atomic mass is 79.9. The van der Waals surface area contributed by atoms with Gasteiger partial charge in [0, 0.05) is 13.0 Å². The Labute approximate surface area is 183 Å². The van der Waals surface area contributed by atoms with Gasteiger partial charge >= 0.3 is 0 Å². The SMILES string of the molecule is C/C=C\C=CCC1=C(C)Oc2c(Br)cc(C)cc2C(=O)N1C/C(C)=C/C=C\CC. The van der Waals surface area contributed by atoms with Crippen molar-refractivity contribution in [1.82, 2.24) is 4.90 Å². The fourth-order valence-corrected chi connectivity index (χ4v) is 3.78. The van der Waals surface area contributed by atoms with E-state index in [4.69, 9.17) is 4.74 Å². The first-order valence-electron chi connectivity index (χ1n) is 9.98. The quantitative estimate of drug-likeness (QED) is 0.404. The minimum atomic E-state index is -0.0390. The van der Waals surface area contributed by atoms with Crippen molar-refractivity contribution in [3.63, 3.8) is 0 Å². The molecule has 0 radical (unpaired) electrons. The number of hydrogen-bond donors (Lipinski definition) is 0. The molecule has 1 aromatic rings. The van der Waals surface area contributed by atoms with Crippen LogP contribution in [-0.4, -0.2) is 17.4 Å². The van der Waals surface area contributed by atoms with E-state index in [1.54, 1.807) is 0 Å². The molecule has 2 rings (SSSR count). The zero-order valence-corrected chi connectivity index (χ0v) is 19.5. The highest BCUT2D eigenvalue weighted by molar-refractivity contribution is 9.10. The Bertz CT molecular complexity index is 904. The molecule has 0 N–H and O–H groups in total. The summed E-state index contributed by atoms with van der Waals surface area (Å²) < 4.78 is 6.97. The largest absolute Gasteiger partial charge is 0.458 e. The summed E-state index contributed by atoms with van der Waals surface area (Å²) in [7, 11) is 0. The number of rotatable bonds is 7. The molecule has 1 aliphatic rings. The number of halogens is 1. The van der Waals surface area contributed by atoms with Crippen molar-refractivity contribution >= 4 is 21.8 Å². The number of aryl methyl sites for hydroxylation is 1. The maximum absolute atomic E-state index is 13.6. The van der Waals surface area contributed by atoms with Crippen LogP contribution in [0.2, 0.25) is 0 Å². The highest BCUT2D eigenvalue weighted by Crippen LogP contribution is 2.37. The van der Waals surface area contributed by atoms with Crippen molar-refractivity contribution in [3.8, 4) is 5.75 Å². The first-order chi connectivity index (χ1) is 13.9.